The average Bonchev–Trinajstić information content (AvgIpc) is 2.92. The Morgan fingerprint density at radius 2 is 2.04 bits per heavy atom. The first-order chi connectivity index (χ1) is 11.3. The van der Waals surface area contributed by atoms with Crippen LogP contribution in [0.3, 0.4) is 0 Å². The monoisotopic (exact) mass is 362 g/mol. The lowest BCUT2D eigenvalue weighted by Gasteiger charge is -2.17. The summed E-state index contributed by atoms with van der Waals surface area (Å²) in [5.74, 6) is -0.748. The number of benzene rings is 1. The van der Waals surface area contributed by atoms with Gasteiger partial charge in [-0.25, -0.2) is 0 Å². The van der Waals surface area contributed by atoms with Crippen LogP contribution in [0.4, 0.5) is 18.9 Å². The van der Waals surface area contributed by atoms with Crippen molar-refractivity contribution in [3.05, 3.63) is 24.3 Å². The fourth-order valence-corrected chi connectivity index (χ4v) is 2.82. The molecule has 1 aliphatic rings. The summed E-state index contributed by atoms with van der Waals surface area (Å²) in [6.45, 7) is 0.125. The summed E-state index contributed by atoms with van der Waals surface area (Å²) in [5, 5.41) is 2.45. The highest BCUT2D eigenvalue weighted by atomic mass is 32.2. The lowest BCUT2D eigenvalue weighted by molar-refractivity contribution is -0.126. The number of carbonyl (C=O) groups excluding carboxylic acids is 2. The third kappa shape index (κ3) is 5.05. The molecule has 9 heteroatoms. The van der Waals surface area contributed by atoms with E-state index in [-0.39, 0.29) is 42.9 Å². The number of ether oxygens (including phenoxy) is 1. The third-order valence-electron chi connectivity index (χ3n) is 3.55. The van der Waals surface area contributed by atoms with Crippen LogP contribution in [-0.4, -0.2) is 43.3 Å². The van der Waals surface area contributed by atoms with Gasteiger partial charge < -0.3 is 15.0 Å². The smallest absolute Gasteiger partial charge is 0.441 e. The van der Waals surface area contributed by atoms with Gasteiger partial charge >= 0.3 is 5.51 Å². The number of nitrogens with one attached hydrogen (secondary N) is 1. The zero-order valence-electron chi connectivity index (χ0n) is 12.9. The lowest BCUT2D eigenvalue weighted by atomic mass is 10.1. The van der Waals surface area contributed by atoms with Gasteiger partial charge in [-0.1, -0.05) is 0 Å². The summed E-state index contributed by atoms with van der Waals surface area (Å²) in [5.41, 5.74) is -3.65. The molecule has 1 fully saturated rings. The van der Waals surface area contributed by atoms with Gasteiger partial charge in [0.15, 0.2) is 0 Å². The Morgan fingerprint density at radius 3 is 2.62 bits per heavy atom. The number of hydrogen-bond acceptors (Lipinski definition) is 4. The van der Waals surface area contributed by atoms with Crippen molar-refractivity contribution in [2.45, 2.75) is 11.9 Å². The summed E-state index contributed by atoms with van der Waals surface area (Å²) in [7, 11) is 1.54. The molecule has 1 saturated heterocycles. The average molecular weight is 362 g/mol. The molecule has 1 aliphatic heterocycles. The van der Waals surface area contributed by atoms with Crippen LogP contribution in [0.5, 0.6) is 5.75 Å². The number of anilines is 1. The van der Waals surface area contributed by atoms with Crippen molar-refractivity contribution < 1.29 is 27.5 Å². The van der Waals surface area contributed by atoms with E-state index in [9.17, 15) is 22.8 Å². The number of nitrogens with zero attached hydrogens (tertiary/aromatic N) is 1. The minimum atomic E-state index is -4.31. The Balaban J connectivity index is 1.85. The van der Waals surface area contributed by atoms with E-state index < -0.39 is 17.3 Å². The number of halogens is 3. The van der Waals surface area contributed by atoms with Crippen LogP contribution < -0.4 is 15.0 Å². The van der Waals surface area contributed by atoms with Crippen molar-refractivity contribution in [3.63, 3.8) is 0 Å². The molecule has 2 amide bonds. The van der Waals surface area contributed by atoms with Gasteiger partial charge in [-0.05, 0) is 36.0 Å². The summed E-state index contributed by atoms with van der Waals surface area (Å²) in [4.78, 5) is 25.6. The van der Waals surface area contributed by atoms with Crippen LogP contribution in [-0.2, 0) is 9.59 Å². The van der Waals surface area contributed by atoms with Gasteiger partial charge in [-0.15, -0.1) is 0 Å². The molecule has 0 unspecified atom stereocenters. The molecule has 1 atom stereocenters. The SMILES string of the molecule is COc1ccc(N2C[C@H](C(=O)NCCSC(F)(F)F)CC2=O)cc1. The normalized spacial score (nSPS) is 17.9. The molecule has 1 N–H and O–H groups in total. The zero-order valence-corrected chi connectivity index (χ0v) is 13.7. The van der Waals surface area contributed by atoms with E-state index in [1.807, 2.05) is 0 Å². The van der Waals surface area contributed by atoms with E-state index in [0.29, 0.717) is 11.4 Å². The number of methoxy groups -OCH3 is 1. The maximum absolute atomic E-state index is 12.1. The Bertz CT molecular complexity index is 593. The highest BCUT2D eigenvalue weighted by molar-refractivity contribution is 8.00. The third-order valence-corrected chi connectivity index (χ3v) is 4.28. The summed E-state index contributed by atoms with van der Waals surface area (Å²) >= 11 is -0.184. The number of hydrogen-bond donors (Lipinski definition) is 1. The van der Waals surface area contributed by atoms with E-state index in [1.165, 1.54) is 12.0 Å². The van der Waals surface area contributed by atoms with Crippen LogP contribution in [0, 0.1) is 5.92 Å². The minimum absolute atomic E-state index is 0.0459. The van der Waals surface area contributed by atoms with E-state index in [1.54, 1.807) is 24.3 Å². The quantitative estimate of drug-likeness (QED) is 0.790. The summed E-state index contributed by atoms with van der Waals surface area (Å²) < 4.78 is 41.1. The number of rotatable bonds is 6. The zero-order chi connectivity index (χ0) is 17.7. The predicted molar refractivity (Wildman–Crippen MR) is 85.0 cm³/mol. The molecule has 5 nitrogen and oxygen atoms in total. The van der Waals surface area contributed by atoms with E-state index in [2.05, 4.69) is 5.32 Å². The molecule has 0 bridgehead atoms. The number of amides is 2. The first-order valence-corrected chi connectivity index (χ1v) is 8.21. The van der Waals surface area contributed by atoms with Gasteiger partial charge in [0.05, 0.1) is 13.0 Å². The molecule has 1 aromatic rings. The molecule has 24 heavy (non-hydrogen) atoms. The standard InChI is InChI=1S/C15H17F3N2O3S/c1-23-12-4-2-11(3-5-12)20-9-10(8-13(20)21)14(22)19-6-7-24-15(16,17)18/h2-5,10H,6-9H2,1H3,(H,19,22)/t10-/m1/s1. The van der Waals surface area contributed by atoms with Crippen molar-refractivity contribution >= 4 is 29.3 Å². The van der Waals surface area contributed by atoms with Gasteiger partial charge in [0, 0.05) is 31.0 Å². The Morgan fingerprint density at radius 1 is 1.38 bits per heavy atom. The van der Waals surface area contributed by atoms with Crippen molar-refractivity contribution in [2.24, 2.45) is 5.92 Å². The van der Waals surface area contributed by atoms with Crippen LogP contribution >= 0.6 is 11.8 Å². The Kier molecular flexibility index (Phi) is 5.98. The molecule has 1 aromatic carbocycles. The molecule has 0 aliphatic carbocycles. The van der Waals surface area contributed by atoms with Gasteiger partial charge in [-0.3, -0.25) is 9.59 Å². The number of thioether (sulfide) groups is 1. The summed E-state index contributed by atoms with van der Waals surface area (Å²) in [6, 6.07) is 6.86. The maximum Gasteiger partial charge on any atom is 0.441 e. The van der Waals surface area contributed by atoms with Gasteiger partial charge in [0.2, 0.25) is 11.8 Å². The van der Waals surface area contributed by atoms with Crippen LogP contribution in [0.15, 0.2) is 24.3 Å². The highest BCUT2D eigenvalue weighted by Gasteiger charge is 2.35. The topological polar surface area (TPSA) is 58.6 Å². The molecular weight excluding hydrogens is 345 g/mol. The molecule has 0 radical (unpaired) electrons. The minimum Gasteiger partial charge on any atom is -0.497 e. The molecule has 0 spiro atoms. The Labute approximate surface area is 141 Å². The molecule has 0 aromatic heterocycles. The largest absolute Gasteiger partial charge is 0.497 e. The first kappa shape index (κ1) is 18.4. The number of alkyl halides is 3. The van der Waals surface area contributed by atoms with E-state index in [0.717, 1.165) is 0 Å². The highest BCUT2D eigenvalue weighted by Crippen LogP contribution is 2.30. The second-order valence-corrected chi connectivity index (χ2v) is 6.35. The van der Waals surface area contributed by atoms with Gasteiger partial charge in [-0.2, -0.15) is 13.2 Å². The summed E-state index contributed by atoms with van der Waals surface area (Å²) in [6.07, 6.45) is 0.0459. The molecular formula is C15H17F3N2O3S. The van der Waals surface area contributed by atoms with Crippen LogP contribution in [0.2, 0.25) is 0 Å². The molecule has 2 rings (SSSR count). The van der Waals surface area contributed by atoms with Crippen molar-refractivity contribution in [3.8, 4) is 5.75 Å². The molecule has 132 valence electrons. The van der Waals surface area contributed by atoms with Crippen molar-refractivity contribution in [2.75, 3.05) is 30.9 Å². The second kappa shape index (κ2) is 7.78. The first-order valence-electron chi connectivity index (χ1n) is 7.23. The predicted octanol–water partition coefficient (Wildman–Crippen LogP) is 2.42. The van der Waals surface area contributed by atoms with Crippen molar-refractivity contribution in [1.82, 2.24) is 5.32 Å². The van der Waals surface area contributed by atoms with E-state index in [4.69, 9.17) is 4.74 Å². The molecule has 1 heterocycles. The second-order valence-electron chi connectivity index (χ2n) is 5.19. The maximum atomic E-state index is 12.1. The van der Waals surface area contributed by atoms with E-state index >= 15 is 0 Å². The molecule has 0 saturated carbocycles. The van der Waals surface area contributed by atoms with Crippen LogP contribution in [0.25, 0.3) is 0 Å². The fourth-order valence-electron chi connectivity index (χ4n) is 2.38. The van der Waals surface area contributed by atoms with Crippen molar-refractivity contribution in [1.29, 1.82) is 0 Å². The lowest BCUT2D eigenvalue weighted by Crippen LogP contribution is -2.34. The Hall–Kier alpha value is -1.90. The van der Waals surface area contributed by atoms with Crippen LogP contribution in [0.1, 0.15) is 6.42 Å². The van der Waals surface area contributed by atoms with Gasteiger partial charge in [0.25, 0.3) is 0 Å². The van der Waals surface area contributed by atoms with Gasteiger partial charge in [0.1, 0.15) is 5.75 Å². The number of carbonyl (C=O) groups is 2. The fraction of sp³-hybridized carbons (Fsp3) is 0.467.